The van der Waals surface area contributed by atoms with Crippen LogP contribution in [0.4, 0.5) is 5.69 Å². The summed E-state index contributed by atoms with van der Waals surface area (Å²) in [6, 6.07) is 15.6. The number of hydrogen-bond donors (Lipinski definition) is 0. The Labute approximate surface area is 179 Å². The molecule has 0 saturated carbocycles. The molecule has 3 aromatic rings. The third-order valence-corrected chi connectivity index (χ3v) is 6.19. The molecule has 0 saturated heterocycles. The first-order chi connectivity index (χ1) is 14.5. The van der Waals surface area contributed by atoms with E-state index in [9.17, 15) is 10.1 Å². The number of methoxy groups -OCH3 is 2. The molecule has 1 aliphatic rings. The number of anilines is 1. The van der Waals surface area contributed by atoms with E-state index >= 15 is 0 Å². The predicted octanol–water partition coefficient (Wildman–Crippen LogP) is 4.19. The third kappa shape index (κ3) is 3.55. The normalized spacial score (nSPS) is 15.0. The van der Waals surface area contributed by atoms with Crippen molar-refractivity contribution in [2.75, 3.05) is 24.9 Å². The number of thioether (sulfide) groups is 1. The highest BCUT2D eigenvalue weighted by molar-refractivity contribution is 8.00. The number of para-hydroxylation sites is 1. The third-order valence-electron chi connectivity index (χ3n) is 5.21. The van der Waals surface area contributed by atoms with Gasteiger partial charge in [0.2, 0.25) is 5.91 Å². The number of fused-ring (bicyclic) bond motifs is 2. The van der Waals surface area contributed by atoms with Crippen molar-refractivity contribution in [3.05, 3.63) is 53.6 Å². The standard InChI is InChI=1S/C23H21N3O3S/c1-14-8-15-6-4-5-7-19(15)26(14)22(27)13-30-23-17(12-24)9-16-10-20(28-2)21(29-3)11-18(16)25-23/h4-7,9-11,14H,8,13H2,1-3H3/t14-/m0/s1. The minimum absolute atomic E-state index is 0.00977. The molecule has 0 aliphatic carbocycles. The largest absolute Gasteiger partial charge is 0.493 e. The van der Waals surface area contributed by atoms with Gasteiger partial charge in [-0.2, -0.15) is 5.26 Å². The number of nitriles is 1. The lowest BCUT2D eigenvalue weighted by Crippen LogP contribution is -2.37. The Hall–Kier alpha value is -3.24. The SMILES string of the molecule is COc1cc2cc(C#N)c(SCC(=O)N3c4ccccc4C[C@@H]3C)nc2cc1OC. The highest BCUT2D eigenvalue weighted by Gasteiger charge is 2.30. The summed E-state index contributed by atoms with van der Waals surface area (Å²) < 4.78 is 10.7. The molecule has 7 heteroatoms. The van der Waals surface area contributed by atoms with E-state index in [1.165, 1.54) is 17.3 Å². The Kier molecular flexibility index (Phi) is 5.51. The highest BCUT2D eigenvalue weighted by Crippen LogP contribution is 2.35. The summed E-state index contributed by atoms with van der Waals surface area (Å²) in [6.45, 7) is 2.05. The van der Waals surface area contributed by atoms with Crippen LogP contribution >= 0.6 is 11.8 Å². The Morgan fingerprint density at radius 2 is 1.97 bits per heavy atom. The van der Waals surface area contributed by atoms with Gasteiger partial charge in [-0.15, -0.1) is 0 Å². The van der Waals surface area contributed by atoms with Gasteiger partial charge in [0, 0.05) is 23.2 Å². The predicted molar refractivity (Wildman–Crippen MR) is 117 cm³/mol. The molecule has 2 aromatic carbocycles. The summed E-state index contributed by atoms with van der Waals surface area (Å²) in [7, 11) is 3.13. The van der Waals surface area contributed by atoms with Crippen molar-refractivity contribution in [2.45, 2.75) is 24.4 Å². The molecule has 6 nitrogen and oxygen atoms in total. The van der Waals surface area contributed by atoms with Gasteiger partial charge in [-0.3, -0.25) is 4.79 Å². The molecule has 1 amide bonds. The van der Waals surface area contributed by atoms with E-state index in [2.05, 4.69) is 24.0 Å². The van der Waals surface area contributed by atoms with Crippen molar-refractivity contribution in [2.24, 2.45) is 0 Å². The quantitative estimate of drug-likeness (QED) is 0.577. The zero-order chi connectivity index (χ0) is 21.3. The monoisotopic (exact) mass is 419 g/mol. The molecule has 0 radical (unpaired) electrons. The van der Waals surface area contributed by atoms with Crippen LogP contribution in [0, 0.1) is 11.3 Å². The van der Waals surface area contributed by atoms with Crippen molar-refractivity contribution in [3.63, 3.8) is 0 Å². The van der Waals surface area contributed by atoms with Crippen molar-refractivity contribution in [1.29, 1.82) is 5.26 Å². The number of carbonyl (C=O) groups excluding carboxylic acids is 1. The van der Waals surface area contributed by atoms with E-state index in [1.807, 2.05) is 23.1 Å². The highest BCUT2D eigenvalue weighted by atomic mass is 32.2. The molecule has 0 fully saturated rings. The van der Waals surface area contributed by atoms with Gasteiger partial charge in [-0.25, -0.2) is 4.98 Å². The van der Waals surface area contributed by atoms with Crippen LogP contribution in [0.15, 0.2) is 47.5 Å². The van der Waals surface area contributed by atoms with E-state index in [1.54, 1.807) is 32.4 Å². The average Bonchev–Trinajstić information content (AvgIpc) is 3.11. The molecule has 0 N–H and O–H groups in total. The lowest BCUT2D eigenvalue weighted by atomic mass is 10.1. The number of rotatable bonds is 5. The first-order valence-electron chi connectivity index (χ1n) is 9.55. The lowest BCUT2D eigenvalue weighted by molar-refractivity contribution is -0.116. The average molecular weight is 420 g/mol. The van der Waals surface area contributed by atoms with Crippen molar-refractivity contribution >= 4 is 34.3 Å². The second-order valence-electron chi connectivity index (χ2n) is 7.09. The lowest BCUT2D eigenvalue weighted by Gasteiger charge is -2.22. The molecule has 1 aliphatic heterocycles. The van der Waals surface area contributed by atoms with Crippen LogP contribution in [0.5, 0.6) is 11.5 Å². The molecule has 4 rings (SSSR count). The summed E-state index contributed by atoms with van der Waals surface area (Å²) >= 11 is 1.28. The first kappa shape index (κ1) is 20.0. The zero-order valence-corrected chi connectivity index (χ0v) is 17.8. The second-order valence-corrected chi connectivity index (χ2v) is 8.05. The molecular formula is C23H21N3O3S. The summed E-state index contributed by atoms with van der Waals surface area (Å²) in [5.41, 5.74) is 3.27. The van der Waals surface area contributed by atoms with Crippen molar-refractivity contribution < 1.29 is 14.3 Å². The van der Waals surface area contributed by atoms with Gasteiger partial charge in [0.15, 0.2) is 11.5 Å². The molecule has 2 heterocycles. The maximum Gasteiger partial charge on any atom is 0.237 e. The molecule has 152 valence electrons. The second kappa shape index (κ2) is 8.25. The molecule has 30 heavy (non-hydrogen) atoms. The van der Waals surface area contributed by atoms with E-state index in [0.29, 0.717) is 27.6 Å². The van der Waals surface area contributed by atoms with Crippen molar-refractivity contribution in [1.82, 2.24) is 4.98 Å². The van der Waals surface area contributed by atoms with E-state index in [-0.39, 0.29) is 17.7 Å². The van der Waals surface area contributed by atoms with Gasteiger partial charge in [-0.1, -0.05) is 30.0 Å². The molecule has 0 spiro atoms. The van der Waals surface area contributed by atoms with Crippen LogP contribution in [0.2, 0.25) is 0 Å². The first-order valence-corrected chi connectivity index (χ1v) is 10.5. The van der Waals surface area contributed by atoms with Crippen LogP contribution in [0.25, 0.3) is 10.9 Å². The van der Waals surface area contributed by atoms with E-state index in [4.69, 9.17) is 9.47 Å². The summed E-state index contributed by atoms with van der Waals surface area (Å²) in [4.78, 5) is 19.5. The summed E-state index contributed by atoms with van der Waals surface area (Å²) in [5.74, 6) is 1.36. The minimum atomic E-state index is 0.00977. The smallest absolute Gasteiger partial charge is 0.237 e. The van der Waals surface area contributed by atoms with Crippen LogP contribution in [-0.4, -0.2) is 36.9 Å². The number of benzene rings is 2. The maximum absolute atomic E-state index is 13.0. The van der Waals surface area contributed by atoms with Gasteiger partial charge in [0.25, 0.3) is 0 Å². The topological polar surface area (TPSA) is 75.5 Å². The molecule has 0 unspecified atom stereocenters. The fraction of sp³-hybridized carbons (Fsp3) is 0.261. The number of pyridine rings is 1. The maximum atomic E-state index is 13.0. The Balaban J connectivity index is 1.61. The van der Waals surface area contributed by atoms with E-state index < -0.39 is 0 Å². The van der Waals surface area contributed by atoms with Gasteiger partial charge in [0.1, 0.15) is 11.1 Å². The zero-order valence-electron chi connectivity index (χ0n) is 17.0. The Morgan fingerprint density at radius 1 is 1.23 bits per heavy atom. The van der Waals surface area contributed by atoms with Gasteiger partial charge >= 0.3 is 0 Å². The molecule has 1 atom stereocenters. The van der Waals surface area contributed by atoms with Crippen LogP contribution in [0.1, 0.15) is 18.1 Å². The number of nitrogens with zero attached hydrogens (tertiary/aromatic N) is 3. The van der Waals surface area contributed by atoms with Crippen LogP contribution < -0.4 is 14.4 Å². The summed E-state index contributed by atoms with van der Waals surface area (Å²) in [6.07, 6.45) is 0.853. The number of ether oxygens (including phenoxy) is 2. The van der Waals surface area contributed by atoms with Crippen LogP contribution in [-0.2, 0) is 11.2 Å². The van der Waals surface area contributed by atoms with Crippen molar-refractivity contribution in [3.8, 4) is 17.6 Å². The van der Waals surface area contributed by atoms with E-state index in [0.717, 1.165) is 17.5 Å². The molecule has 1 aromatic heterocycles. The molecular weight excluding hydrogens is 398 g/mol. The fourth-order valence-electron chi connectivity index (χ4n) is 3.82. The number of aromatic nitrogens is 1. The minimum Gasteiger partial charge on any atom is -0.493 e. The van der Waals surface area contributed by atoms with Crippen LogP contribution in [0.3, 0.4) is 0 Å². The van der Waals surface area contributed by atoms with Gasteiger partial charge < -0.3 is 14.4 Å². The van der Waals surface area contributed by atoms with Gasteiger partial charge in [0.05, 0.1) is 31.1 Å². The number of hydrogen-bond acceptors (Lipinski definition) is 6. The Morgan fingerprint density at radius 3 is 2.70 bits per heavy atom. The number of amides is 1. The Bertz CT molecular complexity index is 1170. The number of carbonyl (C=O) groups is 1. The van der Waals surface area contributed by atoms with Gasteiger partial charge in [-0.05, 0) is 37.1 Å². The summed E-state index contributed by atoms with van der Waals surface area (Å²) in [5, 5.41) is 10.9. The molecule has 0 bridgehead atoms. The fourth-order valence-corrected chi connectivity index (χ4v) is 4.64.